The molecule has 0 aliphatic carbocycles. The summed E-state index contributed by atoms with van der Waals surface area (Å²) in [4.78, 5) is 11.6. The van der Waals surface area contributed by atoms with Gasteiger partial charge in [-0.25, -0.2) is 4.79 Å². The molecular formula is C27H38O5. The zero-order chi connectivity index (χ0) is 24.1. The van der Waals surface area contributed by atoms with E-state index in [2.05, 4.69) is 32.0 Å². The van der Waals surface area contributed by atoms with Crippen LogP contribution in [-0.2, 0) is 14.9 Å². The smallest absolute Gasteiger partial charge is 0.344 e. The van der Waals surface area contributed by atoms with Gasteiger partial charge in [-0.3, -0.25) is 0 Å². The SMILES string of the molecule is CCOC(=O)COc1ccc(C(C)(C)c2ccc(OC[C@@H](O)C(C)(C)C)c(C)c2)cc1C. The third-order valence-corrected chi connectivity index (χ3v) is 5.84. The summed E-state index contributed by atoms with van der Waals surface area (Å²) in [7, 11) is 0. The van der Waals surface area contributed by atoms with Crippen molar-refractivity contribution in [1.82, 2.24) is 0 Å². The van der Waals surface area contributed by atoms with Crippen molar-refractivity contribution in [3.63, 3.8) is 0 Å². The Morgan fingerprint density at radius 3 is 1.84 bits per heavy atom. The molecule has 0 amide bonds. The van der Waals surface area contributed by atoms with Crippen molar-refractivity contribution in [2.75, 3.05) is 19.8 Å². The second-order valence-electron chi connectivity index (χ2n) is 9.87. The Balaban J connectivity index is 2.16. The molecule has 5 nitrogen and oxygen atoms in total. The van der Waals surface area contributed by atoms with Crippen molar-refractivity contribution in [1.29, 1.82) is 0 Å². The van der Waals surface area contributed by atoms with E-state index in [-0.39, 0.29) is 30.0 Å². The third-order valence-electron chi connectivity index (χ3n) is 5.84. The van der Waals surface area contributed by atoms with Gasteiger partial charge in [-0.05, 0) is 60.6 Å². The van der Waals surface area contributed by atoms with Crippen LogP contribution in [0, 0.1) is 19.3 Å². The maximum Gasteiger partial charge on any atom is 0.344 e. The number of aliphatic hydroxyl groups is 1. The molecule has 5 heteroatoms. The Morgan fingerprint density at radius 2 is 1.41 bits per heavy atom. The molecule has 2 aromatic carbocycles. The second-order valence-corrected chi connectivity index (χ2v) is 9.87. The average Bonchev–Trinajstić information content (AvgIpc) is 2.71. The Hall–Kier alpha value is -2.53. The van der Waals surface area contributed by atoms with E-state index >= 15 is 0 Å². The van der Waals surface area contributed by atoms with Crippen LogP contribution in [0.15, 0.2) is 36.4 Å². The monoisotopic (exact) mass is 442 g/mol. The maximum atomic E-state index is 11.6. The van der Waals surface area contributed by atoms with Gasteiger partial charge in [-0.2, -0.15) is 0 Å². The molecule has 0 radical (unpaired) electrons. The van der Waals surface area contributed by atoms with Gasteiger partial charge in [-0.15, -0.1) is 0 Å². The summed E-state index contributed by atoms with van der Waals surface area (Å²) >= 11 is 0. The molecule has 1 atom stereocenters. The number of hydrogen-bond acceptors (Lipinski definition) is 5. The zero-order valence-corrected chi connectivity index (χ0v) is 20.7. The van der Waals surface area contributed by atoms with Crippen LogP contribution in [0.3, 0.4) is 0 Å². The highest BCUT2D eigenvalue weighted by atomic mass is 16.6. The lowest BCUT2D eigenvalue weighted by Gasteiger charge is -2.28. The molecule has 2 aromatic rings. The van der Waals surface area contributed by atoms with Crippen molar-refractivity contribution in [3.8, 4) is 11.5 Å². The maximum absolute atomic E-state index is 11.6. The lowest BCUT2D eigenvalue weighted by atomic mass is 9.77. The zero-order valence-electron chi connectivity index (χ0n) is 20.7. The number of carbonyl (C=O) groups is 1. The van der Waals surface area contributed by atoms with Crippen LogP contribution < -0.4 is 9.47 Å². The first-order valence-corrected chi connectivity index (χ1v) is 11.2. The number of ether oxygens (including phenoxy) is 3. The van der Waals surface area contributed by atoms with Gasteiger partial charge in [0.05, 0.1) is 12.7 Å². The molecule has 0 bridgehead atoms. The molecule has 2 rings (SSSR count). The van der Waals surface area contributed by atoms with Gasteiger partial charge in [0.1, 0.15) is 18.1 Å². The lowest BCUT2D eigenvalue weighted by Crippen LogP contribution is -2.32. The molecule has 0 fully saturated rings. The van der Waals surface area contributed by atoms with E-state index in [4.69, 9.17) is 14.2 Å². The number of hydrogen-bond donors (Lipinski definition) is 1. The summed E-state index contributed by atoms with van der Waals surface area (Å²) in [6.07, 6.45) is -0.537. The normalized spacial score (nSPS) is 12.9. The summed E-state index contributed by atoms with van der Waals surface area (Å²) in [5, 5.41) is 10.3. The van der Waals surface area contributed by atoms with Crippen molar-refractivity contribution in [2.24, 2.45) is 5.41 Å². The van der Waals surface area contributed by atoms with Crippen molar-refractivity contribution >= 4 is 5.97 Å². The van der Waals surface area contributed by atoms with Crippen LogP contribution in [-0.4, -0.2) is 37.0 Å². The predicted octanol–water partition coefficient (Wildman–Crippen LogP) is 5.36. The minimum atomic E-state index is -0.537. The Morgan fingerprint density at radius 1 is 0.906 bits per heavy atom. The van der Waals surface area contributed by atoms with Gasteiger partial charge in [0.15, 0.2) is 6.61 Å². The predicted molar refractivity (Wildman–Crippen MR) is 128 cm³/mol. The van der Waals surface area contributed by atoms with E-state index in [1.165, 1.54) is 5.56 Å². The Kier molecular flexibility index (Phi) is 8.35. The summed E-state index contributed by atoms with van der Waals surface area (Å²) in [6, 6.07) is 12.2. The van der Waals surface area contributed by atoms with Gasteiger partial charge in [0.2, 0.25) is 0 Å². The number of aliphatic hydroxyl groups excluding tert-OH is 1. The first-order valence-electron chi connectivity index (χ1n) is 11.2. The quantitative estimate of drug-likeness (QED) is 0.530. The number of esters is 1. The fourth-order valence-electron chi connectivity index (χ4n) is 3.32. The van der Waals surface area contributed by atoms with Crippen molar-refractivity contribution in [3.05, 3.63) is 58.7 Å². The molecule has 0 aromatic heterocycles. The fraction of sp³-hybridized carbons (Fsp3) is 0.519. The van der Waals surface area contributed by atoms with Gasteiger partial charge in [0, 0.05) is 5.41 Å². The summed E-state index contributed by atoms with van der Waals surface area (Å²) in [6.45, 7) is 16.6. The largest absolute Gasteiger partial charge is 0.491 e. The third kappa shape index (κ3) is 6.49. The van der Waals surface area contributed by atoms with E-state index in [0.717, 1.165) is 22.4 Å². The molecule has 1 N–H and O–H groups in total. The van der Waals surface area contributed by atoms with Crippen LogP contribution in [0.25, 0.3) is 0 Å². The van der Waals surface area contributed by atoms with E-state index in [1.807, 2.05) is 52.8 Å². The molecule has 0 saturated carbocycles. The topological polar surface area (TPSA) is 65.0 Å². The first kappa shape index (κ1) is 25.7. The van der Waals surface area contributed by atoms with E-state index in [1.54, 1.807) is 6.92 Å². The molecule has 0 unspecified atom stereocenters. The fourth-order valence-corrected chi connectivity index (χ4v) is 3.32. The highest BCUT2D eigenvalue weighted by Gasteiger charge is 2.26. The molecule has 0 saturated heterocycles. The van der Waals surface area contributed by atoms with Gasteiger partial charge < -0.3 is 19.3 Å². The molecule has 0 aliphatic rings. The van der Waals surface area contributed by atoms with Gasteiger partial charge in [0.25, 0.3) is 0 Å². The van der Waals surface area contributed by atoms with Crippen LogP contribution in [0.4, 0.5) is 0 Å². The minimum absolute atomic E-state index is 0.0953. The summed E-state index contributed by atoms with van der Waals surface area (Å²) in [5.74, 6) is 1.09. The first-order chi connectivity index (χ1) is 14.9. The van der Waals surface area contributed by atoms with Gasteiger partial charge in [-0.1, -0.05) is 58.9 Å². The van der Waals surface area contributed by atoms with E-state index < -0.39 is 6.10 Å². The number of carbonyl (C=O) groups excluding carboxylic acids is 1. The molecular weight excluding hydrogens is 404 g/mol. The highest BCUT2D eigenvalue weighted by Crippen LogP contribution is 2.36. The number of aryl methyl sites for hydroxylation is 2. The molecule has 0 aliphatic heterocycles. The van der Waals surface area contributed by atoms with Crippen molar-refractivity contribution in [2.45, 2.75) is 66.9 Å². The molecule has 32 heavy (non-hydrogen) atoms. The molecule has 0 spiro atoms. The van der Waals surface area contributed by atoms with Crippen LogP contribution in [0.5, 0.6) is 11.5 Å². The Bertz CT molecular complexity index is 924. The lowest BCUT2D eigenvalue weighted by molar-refractivity contribution is -0.145. The highest BCUT2D eigenvalue weighted by molar-refractivity contribution is 5.71. The van der Waals surface area contributed by atoms with Crippen LogP contribution >= 0.6 is 0 Å². The number of rotatable bonds is 9. The average molecular weight is 443 g/mol. The van der Waals surface area contributed by atoms with Crippen LogP contribution in [0.1, 0.15) is 63.8 Å². The minimum Gasteiger partial charge on any atom is -0.491 e. The second kappa shape index (κ2) is 10.4. The van der Waals surface area contributed by atoms with Crippen molar-refractivity contribution < 1.29 is 24.1 Å². The van der Waals surface area contributed by atoms with Gasteiger partial charge >= 0.3 is 5.97 Å². The van der Waals surface area contributed by atoms with Crippen LogP contribution in [0.2, 0.25) is 0 Å². The molecule has 0 heterocycles. The number of benzene rings is 2. The van der Waals surface area contributed by atoms with E-state index in [9.17, 15) is 9.90 Å². The van der Waals surface area contributed by atoms with E-state index in [0.29, 0.717) is 12.4 Å². The summed E-state index contributed by atoms with van der Waals surface area (Å²) < 4.78 is 16.4. The summed E-state index contributed by atoms with van der Waals surface area (Å²) in [5.41, 5.74) is 3.85. The standard InChI is InChI=1S/C27H38O5/c1-9-30-25(29)17-32-23-13-11-21(15-19(23)3)27(7,8)20-10-12-22(18(2)14-20)31-16-24(28)26(4,5)6/h10-15,24,28H,9,16-17H2,1-8H3/t24-/m1/s1. The Labute approximate surface area is 192 Å². The molecule has 176 valence electrons.